The van der Waals surface area contributed by atoms with E-state index >= 15 is 0 Å². The lowest BCUT2D eigenvalue weighted by molar-refractivity contribution is -0.137. The number of amides is 1. The van der Waals surface area contributed by atoms with Gasteiger partial charge in [0.1, 0.15) is 11.5 Å². The number of nitrogens with one attached hydrogen (secondary N) is 2. The largest absolute Gasteiger partial charge is 0.455 e. The van der Waals surface area contributed by atoms with E-state index in [2.05, 4.69) is 10.6 Å². The number of carbonyl (C=O) groups excluding carboxylic acids is 1. The molecule has 0 aliphatic heterocycles. The predicted molar refractivity (Wildman–Crippen MR) is 132 cm³/mol. The first-order chi connectivity index (χ1) is 15.9. The number of aryl methyl sites for hydroxylation is 2. The second-order valence-electron chi connectivity index (χ2n) is 7.48. The van der Waals surface area contributed by atoms with E-state index in [1.165, 1.54) is 13.0 Å². The number of rotatable bonds is 4. The van der Waals surface area contributed by atoms with Crippen molar-refractivity contribution in [3.8, 4) is 11.5 Å². The topological polar surface area (TPSA) is 50.4 Å². The summed E-state index contributed by atoms with van der Waals surface area (Å²) in [5.74, 6) is 0.0838. The van der Waals surface area contributed by atoms with Gasteiger partial charge in [-0.3, -0.25) is 10.1 Å². The van der Waals surface area contributed by atoms with E-state index in [1.807, 2.05) is 0 Å². The first kappa shape index (κ1) is 25.8. The Kier molecular flexibility index (Phi) is 7.75. The van der Waals surface area contributed by atoms with Gasteiger partial charge in [0, 0.05) is 5.69 Å². The Labute approximate surface area is 210 Å². The Bertz CT molecular complexity index is 1280. The highest BCUT2D eigenvalue weighted by atomic mass is 35.5. The van der Waals surface area contributed by atoms with Crippen LogP contribution in [0.5, 0.6) is 11.5 Å². The summed E-state index contributed by atoms with van der Waals surface area (Å²) in [6, 6.07) is 11.5. The number of benzene rings is 3. The number of hydrogen-bond donors (Lipinski definition) is 2. The van der Waals surface area contributed by atoms with Gasteiger partial charge in [-0.2, -0.15) is 13.2 Å². The SMILES string of the molecule is Cc1cc(C(F)(F)F)ccc1Oc1c(C)cc(NC(=S)NC(=O)c2ccccc2Cl)c(C)c1Cl. The molecular formula is C24H19Cl2F3N2O2S. The molecule has 0 spiro atoms. The second kappa shape index (κ2) is 10.2. The molecule has 3 rings (SSSR count). The number of thiocarbonyl (C=S) groups is 1. The maximum Gasteiger partial charge on any atom is 0.416 e. The highest BCUT2D eigenvalue weighted by Crippen LogP contribution is 2.40. The first-order valence-electron chi connectivity index (χ1n) is 9.90. The predicted octanol–water partition coefficient (Wildman–Crippen LogP) is 7.86. The van der Waals surface area contributed by atoms with Crippen molar-refractivity contribution in [3.63, 3.8) is 0 Å². The minimum absolute atomic E-state index is 0.0377. The third-order valence-electron chi connectivity index (χ3n) is 4.96. The van der Waals surface area contributed by atoms with Gasteiger partial charge < -0.3 is 10.1 Å². The summed E-state index contributed by atoms with van der Waals surface area (Å²) < 4.78 is 44.7. The molecule has 178 valence electrons. The van der Waals surface area contributed by atoms with Crippen LogP contribution < -0.4 is 15.4 Å². The molecule has 10 heteroatoms. The van der Waals surface area contributed by atoms with Crippen molar-refractivity contribution in [2.24, 2.45) is 0 Å². The summed E-state index contributed by atoms with van der Waals surface area (Å²) in [6.07, 6.45) is -4.44. The summed E-state index contributed by atoms with van der Waals surface area (Å²) in [4.78, 5) is 12.4. The molecule has 0 fully saturated rings. The fraction of sp³-hybridized carbons (Fsp3) is 0.167. The molecule has 0 bridgehead atoms. The molecule has 1 amide bonds. The summed E-state index contributed by atoms with van der Waals surface area (Å²) >= 11 is 17.8. The lowest BCUT2D eigenvalue weighted by Gasteiger charge is -2.19. The number of halogens is 5. The summed E-state index contributed by atoms with van der Waals surface area (Å²) in [7, 11) is 0. The molecular weight excluding hydrogens is 508 g/mol. The molecule has 0 saturated carbocycles. The number of ether oxygens (including phenoxy) is 1. The highest BCUT2D eigenvalue weighted by molar-refractivity contribution is 7.80. The van der Waals surface area contributed by atoms with Gasteiger partial charge in [0.2, 0.25) is 0 Å². The molecule has 4 nitrogen and oxygen atoms in total. The third-order valence-corrected chi connectivity index (χ3v) is 5.95. The van der Waals surface area contributed by atoms with Crippen LogP contribution in [0.4, 0.5) is 18.9 Å². The highest BCUT2D eigenvalue weighted by Gasteiger charge is 2.31. The van der Waals surface area contributed by atoms with Crippen LogP contribution in [-0.4, -0.2) is 11.0 Å². The molecule has 0 aliphatic carbocycles. The van der Waals surface area contributed by atoms with E-state index in [-0.39, 0.29) is 26.5 Å². The van der Waals surface area contributed by atoms with E-state index in [0.717, 1.165) is 12.1 Å². The van der Waals surface area contributed by atoms with Gasteiger partial charge in [-0.25, -0.2) is 0 Å². The minimum atomic E-state index is -4.44. The van der Waals surface area contributed by atoms with E-state index < -0.39 is 17.6 Å². The maximum absolute atomic E-state index is 12.9. The van der Waals surface area contributed by atoms with Gasteiger partial charge in [-0.1, -0.05) is 35.3 Å². The monoisotopic (exact) mass is 526 g/mol. The molecule has 0 atom stereocenters. The normalized spacial score (nSPS) is 11.2. The molecule has 0 saturated heterocycles. The number of carbonyl (C=O) groups is 1. The maximum atomic E-state index is 12.9. The Morgan fingerprint density at radius 2 is 1.68 bits per heavy atom. The quantitative estimate of drug-likeness (QED) is 0.339. The molecule has 0 aromatic heterocycles. The summed E-state index contributed by atoms with van der Waals surface area (Å²) in [5, 5.41) is 6.07. The van der Waals surface area contributed by atoms with Crippen molar-refractivity contribution >= 4 is 52.1 Å². The van der Waals surface area contributed by atoms with E-state index in [0.29, 0.717) is 28.1 Å². The number of alkyl halides is 3. The van der Waals surface area contributed by atoms with Crippen molar-refractivity contribution < 1.29 is 22.7 Å². The summed E-state index contributed by atoms with van der Waals surface area (Å²) in [6.45, 7) is 4.97. The number of hydrogen-bond acceptors (Lipinski definition) is 3. The fourth-order valence-corrected chi connectivity index (χ4v) is 3.84. The standard InChI is InChI=1S/C24H19Cl2F3N2O2S/c1-12-10-15(24(27,28)29)8-9-19(12)33-21-13(2)11-18(14(3)20(21)26)30-23(34)31-22(32)16-6-4-5-7-17(16)25/h4-11H,1-3H3,(H2,30,31,32,34). The van der Waals surface area contributed by atoms with E-state index in [1.54, 1.807) is 44.2 Å². The molecule has 0 unspecified atom stereocenters. The van der Waals surface area contributed by atoms with Gasteiger partial charge in [-0.15, -0.1) is 0 Å². The van der Waals surface area contributed by atoms with Crippen molar-refractivity contribution in [2.45, 2.75) is 26.9 Å². The Morgan fingerprint density at radius 1 is 1.00 bits per heavy atom. The molecule has 0 radical (unpaired) electrons. The van der Waals surface area contributed by atoms with Crippen LogP contribution in [-0.2, 0) is 6.18 Å². The average molecular weight is 527 g/mol. The zero-order valence-electron chi connectivity index (χ0n) is 18.2. The molecule has 2 N–H and O–H groups in total. The molecule has 34 heavy (non-hydrogen) atoms. The second-order valence-corrected chi connectivity index (χ2v) is 8.67. The van der Waals surface area contributed by atoms with Gasteiger partial charge in [0.15, 0.2) is 5.11 Å². The van der Waals surface area contributed by atoms with Crippen molar-refractivity contribution in [1.82, 2.24) is 5.32 Å². The first-order valence-corrected chi connectivity index (χ1v) is 11.1. The van der Waals surface area contributed by atoms with Crippen LogP contribution in [0.1, 0.15) is 32.6 Å². The fourth-order valence-electron chi connectivity index (χ4n) is 3.13. The zero-order chi connectivity index (χ0) is 25.2. The van der Waals surface area contributed by atoms with Crippen LogP contribution in [0.2, 0.25) is 10.0 Å². The lowest BCUT2D eigenvalue weighted by Crippen LogP contribution is -2.34. The zero-order valence-corrected chi connectivity index (χ0v) is 20.6. The smallest absolute Gasteiger partial charge is 0.416 e. The van der Waals surface area contributed by atoms with E-state index in [9.17, 15) is 18.0 Å². The van der Waals surface area contributed by atoms with Crippen molar-refractivity contribution in [2.75, 3.05) is 5.32 Å². The Morgan fingerprint density at radius 3 is 2.29 bits per heavy atom. The molecule has 0 heterocycles. The third kappa shape index (κ3) is 5.81. The van der Waals surface area contributed by atoms with Crippen LogP contribution in [0.3, 0.4) is 0 Å². The molecule has 3 aromatic rings. The van der Waals surface area contributed by atoms with Crippen LogP contribution in [0, 0.1) is 20.8 Å². The van der Waals surface area contributed by atoms with Gasteiger partial charge >= 0.3 is 6.18 Å². The van der Waals surface area contributed by atoms with Gasteiger partial charge in [0.25, 0.3) is 5.91 Å². The lowest BCUT2D eigenvalue weighted by atomic mass is 10.1. The van der Waals surface area contributed by atoms with Gasteiger partial charge in [-0.05, 0) is 86.1 Å². The number of anilines is 1. The minimum Gasteiger partial charge on any atom is -0.455 e. The average Bonchev–Trinajstić information content (AvgIpc) is 2.75. The van der Waals surface area contributed by atoms with Crippen molar-refractivity contribution in [3.05, 3.63) is 86.4 Å². The Hall–Kier alpha value is -2.81. The van der Waals surface area contributed by atoms with E-state index in [4.69, 9.17) is 40.2 Å². The van der Waals surface area contributed by atoms with Crippen molar-refractivity contribution in [1.29, 1.82) is 0 Å². The Balaban J connectivity index is 1.80. The van der Waals surface area contributed by atoms with Crippen LogP contribution in [0.25, 0.3) is 0 Å². The summed E-state index contributed by atoms with van der Waals surface area (Å²) in [5.41, 5.74) is 1.54. The van der Waals surface area contributed by atoms with Crippen LogP contribution in [0.15, 0.2) is 48.5 Å². The molecule has 0 aliphatic rings. The van der Waals surface area contributed by atoms with Crippen LogP contribution >= 0.6 is 35.4 Å². The molecule has 3 aromatic carbocycles. The van der Waals surface area contributed by atoms with Gasteiger partial charge in [0.05, 0.1) is 21.2 Å².